The molecule has 0 aromatic carbocycles. The summed E-state index contributed by atoms with van der Waals surface area (Å²) in [6, 6.07) is 1.98. The van der Waals surface area contributed by atoms with Crippen LogP contribution in [0.15, 0.2) is 6.07 Å². The Morgan fingerprint density at radius 2 is 1.85 bits per heavy atom. The zero-order valence-electron chi connectivity index (χ0n) is 8.59. The van der Waals surface area contributed by atoms with E-state index in [2.05, 4.69) is 22.2 Å². The molecule has 1 aromatic heterocycles. The second-order valence-electron chi connectivity index (χ2n) is 3.25. The Morgan fingerprint density at radius 3 is 2.38 bits per heavy atom. The van der Waals surface area contributed by atoms with Gasteiger partial charge in [0.05, 0.1) is 0 Å². The van der Waals surface area contributed by atoms with Crippen molar-refractivity contribution in [2.45, 2.75) is 33.6 Å². The molecular formula is C10H17N3. The van der Waals surface area contributed by atoms with Gasteiger partial charge in [-0.15, -0.1) is 0 Å². The summed E-state index contributed by atoms with van der Waals surface area (Å²) in [5.41, 5.74) is 2.04. The second-order valence-corrected chi connectivity index (χ2v) is 3.25. The summed E-state index contributed by atoms with van der Waals surface area (Å²) in [4.78, 5) is 8.57. The van der Waals surface area contributed by atoms with Gasteiger partial charge in [0.2, 0.25) is 5.95 Å². The molecule has 3 heteroatoms. The Morgan fingerprint density at radius 1 is 1.23 bits per heavy atom. The summed E-state index contributed by atoms with van der Waals surface area (Å²) in [7, 11) is 0. The predicted molar refractivity (Wildman–Crippen MR) is 54.9 cm³/mol. The molecule has 1 N–H and O–H groups in total. The predicted octanol–water partition coefficient (Wildman–Crippen LogP) is 2.31. The van der Waals surface area contributed by atoms with Gasteiger partial charge in [-0.25, -0.2) is 9.97 Å². The Labute approximate surface area is 79.6 Å². The van der Waals surface area contributed by atoms with E-state index >= 15 is 0 Å². The lowest BCUT2D eigenvalue weighted by atomic mass is 10.3. The average molecular weight is 179 g/mol. The van der Waals surface area contributed by atoms with Crippen molar-refractivity contribution in [3.8, 4) is 0 Å². The second kappa shape index (κ2) is 4.80. The fourth-order valence-corrected chi connectivity index (χ4v) is 1.18. The van der Waals surface area contributed by atoms with Crippen LogP contribution in [0.2, 0.25) is 0 Å². The molecule has 0 amide bonds. The van der Waals surface area contributed by atoms with Crippen molar-refractivity contribution in [2.24, 2.45) is 0 Å². The zero-order valence-corrected chi connectivity index (χ0v) is 8.59. The number of nitrogens with one attached hydrogen (secondary N) is 1. The standard InChI is InChI=1S/C10H17N3/c1-4-5-6-11-10-12-8(2)7-9(3)13-10/h7H,4-6H2,1-3H3,(H,11,12,13). The van der Waals surface area contributed by atoms with Crippen LogP contribution in [0, 0.1) is 13.8 Å². The SMILES string of the molecule is CCCCNc1nc(C)cc(C)n1. The summed E-state index contributed by atoms with van der Waals surface area (Å²) in [5, 5.41) is 3.20. The quantitative estimate of drug-likeness (QED) is 0.721. The molecule has 1 aromatic rings. The first kappa shape index (κ1) is 9.96. The maximum absolute atomic E-state index is 4.28. The molecule has 13 heavy (non-hydrogen) atoms. The number of rotatable bonds is 4. The first-order valence-electron chi connectivity index (χ1n) is 4.78. The van der Waals surface area contributed by atoms with Crippen LogP contribution in [-0.2, 0) is 0 Å². The molecule has 72 valence electrons. The first-order valence-corrected chi connectivity index (χ1v) is 4.78. The fourth-order valence-electron chi connectivity index (χ4n) is 1.18. The van der Waals surface area contributed by atoms with Gasteiger partial charge < -0.3 is 5.32 Å². The van der Waals surface area contributed by atoms with Gasteiger partial charge in [-0.2, -0.15) is 0 Å². The highest BCUT2D eigenvalue weighted by molar-refractivity contribution is 5.27. The molecule has 0 atom stereocenters. The van der Waals surface area contributed by atoms with Crippen LogP contribution in [0.4, 0.5) is 5.95 Å². The molecule has 0 radical (unpaired) electrons. The van der Waals surface area contributed by atoms with Gasteiger partial charge in [-0.1, -0.05) is 13.3 Å². The molecule has 1 heterocycles. The van der Waals surface area contributed by atoms with Gasteiger partial charge >= 0.3 is 0 Å². The summed E-state index contributed by atoms with van der Waals surface area (Å²) >= 11 is 0. The van der Waals surface area contributed by atoms with Crippen LogP contribution in [0.1, 0.15) is 31.2 Å². The van der Waals surface area contributed by atoms with E-state index in [9.17, 15) is 0 Å². The zero-order chi connectivity index (χ0) is 9.68. The lowest BCUT2D eigenvalue weighted by molar-refractivity contribution is 0.824. The molecule has 0 aliphatic heterocycles. The number of aromatic nitrogens is 2. The lowest BCUT2D eigenvalue weighted by Gasteiger charge is -2.04. The Hall–Kier alpha value is -1.12. The average Bonchev–Trinajstić information content (AvgIpc) is 2.03. The molecule has 0 saturated carbocycles. The number of nitrogens with zero attached hydrogens (tertiary/aromatic N) is 2. The van der Waals surface area contributed by atoms with Gasteiger partial charge in [-0.05, 0) is 26.3 Å². The molecule has 0 fully saturated rings. The number of anilines is 1. The normalized spacial score (nSPS) is 10.1. The Balaban J connectivity index is 2.56. The van der Waals surface area contributed by atoms with Crippen LogP contribution in [0.3, 0.4) is 0 Å². The monoisotopic (exact) mass is 179 g/mol. The minimum Gasteiger partial charge on any atom is -0.354 e. The van der Waals surface area contributed by atoms with E-state index in [0.717, 1.165) is 30.3 Å². The number of aryl methyl sites for hydroxylation is 2. The van der Waals surface area contributed by atoms with E-state index < -0.39 is 0 Å². The van der Waals surface area contributed by atoms with Gasteiger partial charge in [0.15, 0.2) is 0 Å². The maximum atomic E-state index is 4.28. The largest absolute Gasteiger partial charge is 0.354 e. The summed E-state index contributed by atoms with van der Waals surface area (Å²) in [6.07, 6.45) is 2.36. The maximum Gasteiger partial charge on any atom is 0.223 e. The van der Waals surface area contributed by atoms with Gasteiger partial charge in [0, 0.05) is 17.9 Å². The highest BCUT2D eigenvalue weighted by Gasteiger charge is 1.96. The van der Waals surface area contributed by atoms with Crippen LogP contribution in [-0.4, -0.2) is 16.5 Å². The van der Waals surface area contributed by atoms with Crippen molar-refractivity contribution in [2.75, 3.05) is 11.9 Å². The third-order valence-corrected chi connectivity index (χ3v) is 1.80. The molecule has 0 bridgehead atoms. The summed E-state index contributed by atoms with van der Waals surface area (Å²) < 4.78 is 0. The van der Waals surface area contributed by atoms with Crippen molar-refractivity contribution < 1.29 is 0 Å². The molecular weight excluding hydrogens is 162 g/mol. The van der Waals surface area contributed by atoms with E-state index in [-0.39, 0.29) is 0 Å². The van der Waals surface area contributed by atoms with Crippen LogP contribution >= 0.6 is 0 Å². The Kier molecular flexibility index (Phi) is 3.68. The molecule has 0 aliphatic rings. The van der Waals surface area contributed by atoms with E-state index in [4.69, 9.17) is 0 Å². The molecule has 3 nitrogen and oxygen atoms in total. The van der Waals surface area contributed by atoms with Crippen molar-refractivity contribution >= 4 is 5.95 Å². The third kappa shape index (κ3) is 3.40. The first-order chi connectivity index (χ1) is 6.22. The van der Waals surface area contributed by atoms with E-state index in [1.165, 1.54) is 6.42 Å². The summed E-state index contributed by atoms with van der Waals surface area (Å²) in [6.45, 7) is 7.10. The van der Waals surface area contributed by atoms with Crippen molar-refractivity contribution in [1.82, 2.24) is 9.97 Å². The Bertz CT molecular complexity index is 251. The van der Waals surface area contributed by atoms with Gasteiger partial charge in [-0.3, -0.25) is 0 Å². The van der Waals surface area contributed by atoms with E-state index in [0.29, 0.717) is 0 Å². The third-order valence-electron chi connectivity index (χ3n) is 1.80. The molecule has 0 saturated heterocycles. The number of unbranched alkanes of at least 4 members (excludes halogenated alkanes) is 1. The summed E-state index contributed by atoms with van der Waals surface area (Å²) in [5.74, 6) is 0.756. The van der Waals surface area contributed by atoms with Gasteiger partial charge in [0.1, 0.15) is 0 Å². The molecule has 0 spiro atoms. The number of hydrogen-bond donors (Lipinski definition) is 1. The number of hydrogen-bond acceptors (Lipinski definition) is 3. The minimum absolute atomic E-state index is 0.756. The lowest BCUT2D eigenvalue weighted by Crippen LogP contribution is -2.06. The van der Waals surface area contributed by atoms with Crippen molar-refractivity contribution in [3.05, 3.63) is 17.5 Å². The van der Waals surface area contributed by atoms with Crippen molar-refractivity contribution in [3.63, 3.8) is 0 Å². The topological polar surface area (TPSA) is 37.8 Å². The van der Waals surface area contributed by atoms with E-state index in [1.54, 1.807) is 0 Å². The molecule has 0 aliphatic carbocycles. The minimum atomic E-state index is 0.756. The molecule has 1 rings (SSSR count). The van der Waals surface area contributed by atoms with Crippen LogP contribution in [0.5, 0.6) is 0 Å². The van der Waals surface area contributed by atoms with Crippen LogP contribution in [0.25, 0.3) is 0 Å². The molecule has 0 unspecified atom stereocenters. The van der Waals surface area contributed by atoms with E-state index in [1.807, 2.05) is 19.9 Å². The van der Waals surface area contributed by atoms with Gasteiger partial charge in [0.25, 0.3) is 0 Å². The smallest absolute Gasteiger partial charge is 0.223 e. The fraction of sp³-hybridized carbons (Fsp3) is 0.600. The van der Waals surface area contributed by atoms with Crippen molar-refractivity contribution in [1.29, 1.82) is 0 Å². The highest BCUT2D eigenvalue weighted by Crippen LogP contribution is 2.03. The highest BCUT2D eigenvalue weighted by atomic mass is 15.1. The van der Waals surface area contributed by atoms with Crippen LogP contribution < -0.4 is 5.32 Å².